The molecule has 3 heterocycles. The number of carbonyl (C=O) groups is 3. The van der Waals surface area contributed by atoms with Crippen LogP contribution in [0.2, 0.25) is 0 Å². The van der Waals surface area contributed by atoms with Crippen LogP contribution in [0.3, 0.4) is 0 Å². The standard InChI is InChI=1S/C30H46N4O4S/c1-7-14-31-27(36)24-23-16-19(6)30(39-23)25(24)29(38)34(22(17-35)15-18(4)5)26(30)28(37)32-20-10-12-21(13-11-20)33(8-2)9-3/h10-13,18-19,22-26,35H,7-9,14-17H2,1-6H3,(H,31,36)(H,32,37)/t19?,22-,23+,24-,25+,26?,30?/m1/s1. The van der Waals surface area contributed by atoms with Gasteiger partial charge in [0.05, 0.1) is 29.2 Å². The van der Waals surface area contributed by atoms with E-state index < -0.39 is 28.7 Å². The van der Waals surface area contributed by atoms with Crippen LogP contribution in [-0.4, -0.2) is 76.0 Å². The van der Waals surface area contributed by atoms with Gasteiger partial charge in [-0.3, -0.25) is 14.4 Å². The first-order chi connectivity index (χ1) is 18.6. The van der Waals surface area contributed by atoms with Crippen molar-refractivity contribution in [2.45, 2.75) is 82.9 Å². The van der Waals surface area contributed by atoms with Gasteiger partial charge in [-0.15, -0.1) is 11.8 Å². The fourth-order valence-corrected chi connectivity index (χ4v) is 9.60. The average molecular weight is 559 g/mol. The first-order valence-corrected chi connectivity index (χ1v) is 15.6. The maximum Gasteiger partial charge on any atom is 0.248 e. The van der Waals surface area contributed by atoms with Crippen LogP contribution < -0.4 is 15.5 Å². The van der Waals surface area contributed by atoms with Gasteiger partial charge in [-0.1, -0.05) is 27.7 Å². The summed E-state index contributed by atoms with van der Waals surface area (Å²) in [5, 5.41) is 16.6. The van der Waals surface area contributed by atoms with Gasteiger partial charge >= 0.3 is 0 Å². The Bertz CT molecular complexity index is 1050. The van der Waals surface area contributed by atoms with E-state index in [-0.39, 0.29) is 41.4 Å². The molecule has 2 bridgehead atoms. The molecule has 0 aliphatic carbocycles. The Kier molecular flexibility index (Phi) is 9.21. The van der Waals surface area contributed by atoms with Crippen molar-refractivity contribution in [3.8, 4) is 0 Å². The Labute approximate surface area is 237 Å². The summed E-state index contributed by atoms with van der Waals surface area (Å²) < 4.78 is -0.703. The van der Waals surface area contributed by atoms with E-state index in [1.165, 1.54) is 0 Å². The first kappa shape index (κ1) is 29.7. The molecule has 8 nitrogen and oxygen atoms in total. The van der Waals surface area contributed by atoms with E-state index in [1.807, 2.05) is 31.2 Å². The van der Waals surface area contributed by atoms with Crippen molar-refractivity contribution in [3.63, 3.8) is 0 Å². The third-order valence-corrected chi connectivity index (χ3v) is 11.0. The Morgan fingerprint density at radius 1 is 1.15 bits per heavy atom. The van der Waals surface area contributed by atoms with Gasteiger partial charge < -0.3 is 25.5 Å². The van der Waals surface area contributed by atoms with Gasteiger partial charge in [-0.2, -0.15) is 0 Å². The van der Waals surface area contributed by atoms with Gasteiger partial charge in [0.25, 0.3) is 0 Å². The quantitative estimate of drug-likeness (QED) is 0.361. The summed E-state index contributed by atoms with van der Waals surface area (Å²) in [6.07, 6.45) is 2.20. The summed E-state index contributed by atoms with van der Waals surface area (Å²) in [5.74, 6) is -1.20. The molecule has 0 saturated carbocycles. The summed E-state index contributed by atoms with van der Waals surface area (Å²) in [7, 11) is 0. The van der Waals surface area contributed by atoms with Crippen LogP contribution in [0.5, 0.6) is 0 Å². The predicted octanol–water partition coefficient (Wildman–Crippen LogP) is 3.74. The number of benzene rings is 1. The van der Waals surface area contributed by atoms with Crippen molar-refractivity contribution < 1.29 is 19.5 Å². The summed E-state index contributed by atoms with van der Waals surface area (Å²) in [4.78, 5) is 45.8. The highest BCUT2D eigenvalue weighted by Gasteiger charge is 2.76. The topological polar surface area (TPSA) is 102 Å². The third kappa shape index (κ3) is 5.17. The Morgan fingerprint density at radius 3 is 2.38 bits per heavy atom. The number of nitrogens with one attached hydrogen (secondary N) is 2. The van der Waals surface area contributed by atoms with Gasteiger partial charge in [-0.05, 0) is 69.2 Å². The molecule has 7 atom stereocenters. The summed E-state index contributed by atoms with van der Waals surface area (Å²) in [6.45, 7) is 14.6. The number of amides is 3. The summed E-state index contributed by atoms with van der Waals surface area (Å²) in [5.41, 5.74) is 1.76. The van der Waals surface area contributed by atoms with Crippen molar-refractivity contribution in [3.05, 3.63) is 24.3 Å². The number of fused-ring (bicyclic) bond motifs is 1. The number of anilines is 2. The van der Waals surface area contributed by atoms with Gasteiger partial charge in [0.15, 0.2) is 0 Å². The van der Waals surface area contributed by atoms with Crippen LogP contribution in [0.25, 0.3) is 0 Å². The predicted molar refractivity (Wildman–Crippen MR) is 158 cm³/mol. The number of aliphatic hydroxyl groups excluding tert-OH is 1. The number of carbonyl (C=O) groups excluding carboxylic acids is 3. The maximum atomic E-state index is 14.3. The molecule has 39 heavy (non-hydrogen) atoms. The first-order valence-electron chi connectivity index (χ1n) is 14.7. The van der Waals surface area contributed by atoms with Gasteiger partial charge in [0.1, 0.15) is 6.04 Å². The molecule has 1 aromatic carbocycles. The van der Waals surface area contributed by atoms with E-state index in [2.05, 4.69) is 50.2 Å². The molecule has 3 amide bonds. The minimum Gasteiger partial charge on any atom is -0.394 e. The van der Waals surface area contributed by atoms with Crippen LogP contribution in [0, 0.1) is 23.7 Å². The molecule has 0 aromatic heterocycles. The molecule has 3 fully saturated rings. The fraction of sp³-hybridized carbons (Fsp3) is 0.700. The Hall–Kier alpha value is -2.26. The molecule has 3 aliphatic heterocycles. The van der Waals surface area contributed by atoms with E-state index in [0.29, 0.717) is 18.7 Å². The normalized spacial score (nSPS) is 30.0. The van der Waals surface area contributed by atoms with E-state index in [9.17, 15) is 19.5 Å². The molecule has 3 unspecified atom stereocenters. The fourth-order valence-electron chi connectivity index (χ4n) is 7.19. The van der Waals surface area contributed by atoms with Crippen molar-refractivity contribution in [1.29, 1.82) is 0 Å². The van der Waals surface area contributed by atoms with Crippen LogP contribution in [0.15, 0.2) is 24.3 Å². The molecular weight excluding hydrogens is 512 g/mol. The second-order valence-corrected chi connectivity index (χ2v) is 13.3. The summed E-state index contributed by atoms with van der Waals surface area (Å²) >= 11 is 1.67. The van der Waals surface area contributed by atoms with E-state index in [4.69, 9.17) is 0 Å². The second kappa shape index (κ2) is 12.1. The molecule has 3 N–H and O–H groups in total. The van der Waals surface area contributed by atoms with E-state index in [1.54, 1.807) is 16.7 Å². The highest BCUT2D eigenvalue weighted by molar-refractivity contribution is 8.02. The van der Waals surface area contributed by atoms with Crippen molar-refractivity contribution in [2.24, 2.45) is 23.7 Å². The number of thioether (sulfide) groups is 1. The van der Waals surface area contributed by atoms with Gasteiger partial charge in [0.2, 0.25) is 17.7 Å². The molecule has 1 spiro atoms. The zero-order valence-corrected chi connectivity index (χ0v) is 25.1. The van der Waals surface area contributed by atoms with E-state index in [0.717, 1.165) is 31.6 Å². The molecular formula is C30H46N4O4S. The van der Waals surface area contributed by atoms with E-state index >= 15 is 0 Å². The number of rotatable bonds is 12. The van der Waals surface area contributed by atoms with Crippen molar-refractivity contribution in [1.82, 2.24) is 10.2 Å². The lowest BCUT2D eigenvalue weighted by Crippen LogP contribution is -2.57. The second-order valence-electron chi connectivity index (χ2n) is 11.8. The van der Waals surface area contributed by atoms with Gasteiger partial charge in [-0.25, -0.2) is 0 Å². The average Bonchev–Trinajstić information content (AvgIpc) is 3.51. The zero-order chi connectivity index (χ0) is 28.5. The molecule has 3 saturated heterocycles. The molecule has 0 radical (unpaired) electrons. The molecule has 9 heteroatoms. The molecule has 3 aliphatic rings. The minimum atomic E-state index is -0.762. The minimum absolute atomic E-state index is 0.00860. The number of likely N-dealkylation sites (tertiary alicyclic amines) is 1. The molecule has 4 rings (SSSR count). The summed E-state index contributed by atoms with van der Waals surface area (Å²) in [6, 6.07) is 6.57. The van der Waals surface area contributed by atoms with Crippen molar-refractivity contribution >= 4 is 40.9 Å². The maximum absolute atomic E-state index is 14.3. The highest BCUT2D eigenvalue weighted by atomic mass is 32.2. The Balaban J connectivity index is 1.71. The Morgan fingerprint density at radius 2 is 1.82 bits per heavy atom. The number of nitrogens with zero attached hydrogens (tertiary/aromatic N) is 2. The smallest absolute Gasteiger partial charge is 0.248 e. The zero-order valence-electron chi connectivity index (χ0n) is 24.3. The van der Waals surface area contributed by atoms with Crippen LogP contribution in [-0.2, 0) is 14.4 Å². The van der Waals surface area contributed by atoms with Crippen LogP contribution in [0.1, 0.15) is 60.8 Å². The molecule has 216 valence electrons. The monoisotopic (exact) mass is 558 g/mol. The number of aliphatic hydroxyl groups is 1. The highest BCUT2D eigenvalue weighted by Crippen LogP contribution is 2.68. The van der Waals surface area contributed by atoms with Gasteiger partial charge in [0, 0.05) is 36.3 Å². The third-order valence-electron chi connectivity index (χ3n) is 8.89. The number of hydrogen-bond acceptors (Lipinski definition) is 6. The van der Waals surface area contributed by atoms with Crippen molar-refractivity contribution in [2.75, 3.05) is 36.5 Å². The van der Waals surface area contributed by atoms with Crippen LogP contribution >= 0.6 is 11.8 Å². The molecule has 1 aromatic rings. The largest absolute Gasteiger partial charge is 0.394 e. The number of hydrogen-bond donors (Lipinski definition) is 3. The lowest BCUT2D eigenvalue weighted by Gasteiger charge is -2.40. The van der Waals surface area contributed by atoms with Crippen LogP contribution in [0.4, 0.5) is 11.4 Å². The lowest BCUT2D eigenvalue weighted by molar-refractivity contribution is -0.142. The SMILES string of the molecule is CCCNC(=O)[C@@H]1[C@@H]2CC(C)C3(S2)C(C(=O)Nc2ccc(N(CC)CC)cc2)N([C@@H](CO)CC(C)C)C(=O)[C@H]13. The lowest BCUT2D eigenvalue weighted by atomic mass is 9.66.